The van der Waals surface area contributed by atoms with Gasteiger partial charge in [0.2, 0.25) is 0 Å². The van der Waals surface area contributed by atoms with Crippen LogP contribution in [0.25, 0.3) is 0 Å². The van der Waals surface area contributed by atoms with Crippen LogP contribution in [0.4, 0.5) is 22.9 Å². The van der Waals surface area contributed by atoms with Gasteiger partial charge in [-0.15, -0.1) is 4.91 Å². The van der Waals surface area contributed by atoms with Crippen molar-refractivity contribution < 1.29 is 9.59 Å². The molecular formula is C34H42N8O3. The molecule has 2 aromatic carbocycles. The number of amides is 1. The van der Waals surface area contributed by atoms with E-state index in [2.05, 4.69) is 43.1 Å². The highest BCUT2D eigenvalue weighted by Crippen LogP contribution is 2.25. The molecule has 1 aromatic heterocycles. The zero-order valence-electron chi connectivity index (χ0n) is 26.9. The van der Waals surface area contributed by atoms with E-state index in [9.17, 15) is 14.5 Å². The van der Waals surface area contributed by atoms with Crippen LogP contribution in [0.5, 0.6) is 0 Å². The van der Waals surface area contributed by atoms with E-state index in [4.69, 9.17) is 5.73 Å². The number of anilines is 4. The molecule has 0 saturated carbocycles. The van der Waals surface area contributed by atoms with E-state index < -0.39 is 0 Å². The molecule has 0 aliphatic rings. The molecule has 0 spiro atoms. The summed E-state index contributed by atoms with van der Waals surface area (Å²) in [6.07, 6.45) is 4.69. The lowest BCUT2D eigenvalue weighted by Crippen LogP contribution is -2.30. The highest BCUT2D eigenvalue weighted by Gasteiger charge is 2.22. The predicted molar refractivity (Wildman–Crippen MR) is 186 cm³/mol. The van der Waals surface area contributed by atoms with E-state index in [-0.39, 0.29) is 11.6 Å². The molecule has 0 saturated heterocycles. The Balaban J connectivity index is 0.00000131. The van der Waals surface area contributed by atoms with Crippen LogP contribution in [0, 0.1) is 16.7 Å². The smallest absolute Gasteiger partial charge is 0.256 e. The average molecular weight is 611 g/mol. The van der Waals surface area contributed by atoms with Gasteiger partial charge in [0.1, 0.15) is 11.5 Å². The number of hydrogen-bond acceptors (Lipinski definition) is 8. The Morgan fingerprint density at radius 1 is 1.02 bits per heavy atom. The van der Waals surface area contributed by atoms with E-state index in [1.165, 1.54) is 0 Å². The van der Waals surface area contributed by atoms with Gasteiger partial charge >= 0.3 is 0 Å². The van der Waals surface area contributed by atoms with Crippen LogP contribution in [0.3, 0.4) is 0 Å². The second-order valence-corrected chi connectivity index (χ2v) is 8.92. The summed E-state index contributed by atoms with van der Waals surface area (Å²) in [5, 5.41) is 13.5. The number of allylic oxidation sites excluding steroid dienone is 2. The third-order valence-corrected chi connectivity index (χ3v) is 5.76. The number of rotatable bonds is 10. The average Bonchev–Trinajstić information content (AvgIpc) is 3.07. The van der Waals surface area contributed by atoms with E-state index in [1.807, 2.05) is 59.0 Å². The lowest BCUT2D eigenvalue weighted by Gasteiger charge is -2.23. The molecule has 45 heavy (non-hydrogen) atoms. The van der Waals surface area contributed by atoms with Crippen molar-refractivity contribution in [3.05, 3.63) is 107 Å². The standard InChI is InChI=1S/C28H32N8O2.C4H4O.C2H6/c1-5-19(2)18-32-27(33-23-10-8-9-22(17-23)30-4)26(20(3)29)36(35-38)24-14-12-21(13-15-24)28(37)34-25-11-6-7-16-31-25;1-2-3-4-5;1-2/h6-18,30H,5,29H2,1-4H3,(H,32,33)(H,31,34,37);4H,1H3;1-2H3/b19-18+,26-20-;;. The monoisotopic (exact) mass is 610 g/mol. The second-order valence-electron chi connectivity index (χ2n) is 8.92. The van der Waals surface area contributed by atoms with Crippen molar-refractivity contribution >= 4 is 40.9 Å². The minimum absolute atomic E-state index is 0.278. The highest BCUT2D eigenvalue weighted by molar-refractivity contribution is 6.11. The third-order valence-electron chi connectivity index (χ3n) is 5.76. The normalized spacial score (nSPS) is 11.0. The van der Waals surface area contributed by atoms with Crippen molar-refractivity contribution in [3.8, 4) is 11.8 Å². The summed E-state index contributed by atoms with van der Waals surface area (Å²) in [5.41, 5.74) is 10.3. The van der Waals surface area contributed by atoms with E-state index in [0.717, 1.165) is 28.4 Å². The molecule has 3 aromatic rings. The minimum Gasteiger partial charge on any atom is -0.400 e. The van der Waals surface area contributed by atoms with Crippen LogP contribution in [-0.4, -0.2) is 30.1 Å². The number of benzene rings is 2. The number of nitroso groups, excluding NO2 is 1. The Hall–Kier alpha value is -5.76. The Morgan fingerprint density at radius 2 is 1.71 bits per heavy atom. The van der Waals surface area contributed by atoms with Gasteiger partial charge in [-0.2, -0.15) is 5.01 Å². The summed E-state index contributed by atoms with van der Waals surface area (Å²) in [5.74, 6) is 5.02. The quantitative estimate of drug-likeness (QED) is 0.0473. The number of aromatic nitrogens is 1. The van der Waals surface area contributed by atoms with Gasteiger partial charge in [-0.1, -0.05) is 44.4 Å². The van der Waals surface area contributed by atoms with E-state index >= 15 is 0 Å². The van der Waals surface area contributed by atoms with Crippen LogP contribution in [0.2, 0.25) is 0 Å². The molecule has 11 nitrogen and oxygen atoms in total. The van der Waals surface area contributed by atoms with Crippen molar-refractivity contribution in [2.24, 2.45) is 16.0 Å². The molecule has 0 aliphatic carbocycles. The minimum atomic E-state index is -0.333. The number of nitrogens with zero attached hydrogens (tertiary/aromatic N) is 4. The molecule has 1 heterocycles. The van der Waals surface area contributed by atoms with Crippen LogP contribution in [0.15, 0.2) is 106 Å². The lowest BCUT2D eigenvalue weighted by molar-refractivity contribution is -0.103. The number of pyridine rings is 1. The number of hydrogen-bond donors (Lipinski definition) is 4. The first-order chi connectivity index (χ1) is 21.8. The Morgan fingerprint density at radius 3 is 2.22 bits per heavy atom. The topological polar surface area (TPSA) is 154 Å². The number of carbonyl (C=O) groups excluding carboxylic acids is 2. The molecule has 0 aliphatic heterocycles. The summed E-state index contributed by atoms with van der Waals surface area (Å²) in [7, 11) is 1.83. The zero-order valence-corrected chi connectivity index (χ0v) is 26.9. The van der Waals surface area contributed by atoms with Crippen molar-refractivity contribution in [3.63, 3.8) is 0 Å². The van der Waals surface area contributed by atoms with Crippen LogP contribution >= 0.6 is 0 Å². The van der Waals surface area contributed by atoms with Gasteiger partial charge in [0.15, 0.2) is 12.1 Å². The highest BCUT2D eigenvalue weighted by atomic mass is 16.3. The Bertz CT molecular complexity index is 1530. The first-order valence-corrected chi connectivity index (χ1v) is 14.3. The predicted octanol–water partition coefficient (Wildman–Crippen LogP) is 7.11. The van der Waals surface area contributed by atoms with Gasteiger partial charge in [0, 0.05) is 42.1 Å². The van der Waals surface area contributed by atoms with Gasteiger partial charge in [-0.25, -0.2) is 9.98 Å². The number of nitrogens with two attached hydrogens (primary N) is 1. The molecule has 0 unspecified atom stereocenters. The molecule has 236 valence electrons. The number of aldehydes is 1. The Labute approximate surface area is 265 Å². The van der Waals surface area contributed by atoms with Gasteiger partial charge < -0.3 is 21.7 Å². The van der Waals surface area contributed by atoms with Crippen LogP contribution < -0.4 is 26.7 Å². The second kappa shape index (κ2) is 21.0. The van der Waals surface area contributed by atoms with Gasteiger partial charge in [-0.05, 0) is 87.7 Å². The van der Waals surface area contributed by atoms with Crippen molar-refractivity contribution in [1.29, 1.82) is 0 Å². The Kier molecular flexibility index (Phi) is 17.4. The fraction of sp³-hybridized carbons (Fsp3) is 0.235. The molecule has 0 bridgehead atoms. The number of carbonyl (C=O) groups is 2. The van der Waals surface area contributed by atoms with Crippen molar-refractivity contribution in [2.75, 3.05) is 28.0 Å². The van der Waals surface area contributed by atoms with Crippen LogP contribution in [0.1, 0.15) is 58.3 Å². The molecular weight excluding hydrogens is 568 g/mol. The van der Waals surface area contributed by atoms with E-state index in [1.54, 1.807) is 68.7 Å². The fourth-order valence-corrected chi connectivity index (χ4v) is 3.42. The number of amidine groups is 1. The largest absolute Gasteiger partial charge is 0.400 e. The fourth-order valence-electron chi connectivity index (χ4n) is 3.42. The molecule has 11 heteroatoms. The molecule has 5 N–H and O–H groups in total. The third kappa shape index (κ3) is 12.6. The van der Waals surface area contributed by atoms with Crippen molar-refractivity contribution in [2.45, 2.75) is 48.0 Å². The lowest BCUT2D eigenvalue weighted by atomic mass is 10.1. The first-order valence-electron chi connectivity index (χ1n) is 14.3. The number of nitrogens with one attached hydrogen (secondary N) is 3. The van der Waals surface area contributed by atoms with Crippen molar-refractivity contribution in [1.82, 2.24) is 4.98 Å². The molecule has 0 radical (unpaired) electrons. The summed E-state index contributed by atoms with van der Waals surface area (Å²) >= 11 is 0. The molecule has 3 rings (SSSR count). The summed E-state index contributed by atoms with van der Waals surface area (Å²) in [6.45, 7) is 11.3. The summed E-state index contributed by atoms with van der Waals surface area (Å²) in [4.78, 5) is 42.7. The summed E-state index contributed by atoms with van der Waals surface area (Å²) < 4.78 is 0. The van der Waals surface area contributed by atoms with E-state index in [0.29, 0.717) is 34.9 Å². The molecule has 0 fully saturated rings. The zero-order chi connectivity index (χ0) is 33.6. The van der Waals surface area contributed by atoms with Crippen LogP contribution in [-0.2, 0) is 4.79 Å². The van der Waals surface area contributed by atoms with Gasteiger partial charge in [0.25, 0.3) is 5.91 Å². The maximum absolute atomic E-state index is 12.6. The molecule has 0 atom stereocenters. The maximum Gasteiger partial charge on any atom is 0.256 e. The number of aliphatic imine (C=N–C) groups is 1. The summed E-state index contributed by atoms with van der Waals surface area (Å²) in [6, 6.07) is 19.3. The van der Waals surface area contributed by atoms with Gasteiger partial charge in [0.05, 0.1) is 11.0 Å². The SMILES string of the molecule is CC.CC#CC=O.CC/C(C)=C/N=C(Nc1cccc(NC)c1)/C(=C(\C)N)N(N=O)c1ccc(C(=O)Nc2ccccn2)cc1. The molecule has 1 amide bonds. The van der Waals surface area contributed by atoms with Gasteiger partial charge in [-0.3, -0.25) is 9.59 Å². The first kappa shape index (κ1) is 37.3. The maximum atomic E-state index is 12.6.